The molecular weight excluding hydrogens is 324 g/mol. The highest BCUT2D eigenvalue weighted by molar-refractivity contribution is 5.82. The van der Waals surface area contributed by atoms with E-state index < -0.39 is 46.8 Å². The molecule has 1 saturated carbocycles. The summed E-state index contributed by atoms with van der Waals surface area (Å²) >= 11 is 0. The lowest BCUT2D eigenvalue weighted by atomic mass is 9.48. The number of carbonyl (C=O) groups is 1. The van der Waals surface area contributed by atoms with Gasteiger partial charge in [0, 0.05) is 23.3 Å². The Morgan fingerprint density at radius 2 is 2.16 bits per heavy atom. The lowest BCUT2D eigenvalue weighted by Crippen LogP contribution is -2.78. The minimum Gasteiger partial charge on any atom is -0.458 e. The van der Waals surface area contributed by atoms with Crippen LogP contribution >= 0.6 is 0 Å². The molecule has 0 aromatic heterocycles. The third-order valence-corrected chi connectivity index (χ3v) is 7.33. The molecule has 2 saturated heterocycles. The highest BCUT2D eigenvalue weighted by Gasteiger charge is 2.81. The van der Waals surface area contributed by atoms with Crippen molar-refractivity contribution in [2.24, 2.45) is 10.8 Å². The van der Waals surface area contributed by atoms with Gasteiger partial charge in [-0.1, -0.05) is 26.0 Å². The predicted octanol–water partition coefficient (Wildman–Crippen LogP) is 1.11. The average Bonchev–Trinajstić information content (AvgIpc) is 2.69. The summed E-state index contributed by atoms with van der Waals surface area (Å²) in [4.78, 5) is 12.1. The fourth-order valence-corrected chi connectivity index (χ4v) is 5.61. The van der Waals surface area contributed by atoms with Crippen LogP contribution in [-0.2, 0) is 19.0 Å². The predicted molar refractivity (Wildman–Crippen MR) is 88.6 cm³/mol. The second-order valence-corrected chi connectivity index (χ2v) is 8.20. The fraction of sp³-hybridized carbons (Fsp3) is 0.737. The first kappa shape index (κ1) is 17.2. The highest BCUT2D eigenvalue weighted by Crippen LogP contribution is 2.69. The normalized spacial score (nSPS) is 53.7. The van der Waals surface area contributed by atoms with E-state index in [1.54, 1.807) is 13.0 Å². The molecule has 0 spiro atoms. The molecule has 8 atom stereocenters. The van der Waals surface area contributed by atoms with Gasteiger partial charge >= 0.3 is 5.97 Å². The zero-order valence-electron chi connectivity index (χ0n) is 15.1. The van der Waals surface area contributed by atoms with Gasteiger partial charge in [0.2, 0.25) is 0 Å². The molecule has 6 nitrogen and oxygen atoms in total. The minimum atomic E-state index is -1.26. The van der Waals surface area contributed by atoms with Gasteiger partial charge in [-0.15, -0.1) is 0 Å². The molecule has 0 radical (unpaired) electrons. The third-order valence-electron chi connectivity index (χ3n) is 7.33. The van der Waals surface area contributed by atoms with Crippen molar-refractivity contribution in [3.63, 3.8) is 0 Å². The van der Waals surface area contributed by atoms with Gasteiger partial charge in [-0.25, -0.2) is 4.79 Å². The van der Waals surface area contributed by atoms with Crippen LogP contribution in [0.4, 0.5) is 0 Å². The fourth-order valence-electron chi connectivity index (χ4n) is 5.61. The van der Waals surface area contributed by atoms with Gasteiger partial charge in [-0.2, -0.15) is 0 Å². The molecule has 138 valence electrons. The molecule has 2 aliphatic carbocycles. The molecule has 0 aromatic carbocycles. The van der Waals surface area contributed by atoms with E-state index in [2.05, 4.69) is 0 Å². The summed E-state index contributed by atoms with van der Waals surface area (Å²) in [5, 5.41) is 22.2. The summed E-state index contributed by atoms with van der Waals surface area (Å²) in [5.74, 6) is -0.426. The Morgan fingerprint density at radius 1 is 1.44 bits per heavy atom. The molecule has 2 aliphatic heterocycles. The highest BCUT2D eigenvalue weighted by atomic mass is 16.6. The maximum Gasteiger partial charge on any atom is 0.330 e. The zero-order chi connectivity index (χ0) is 18.2. The van der Waals surface area contributed by atoms with Crippen LogP contribution in [0.3, 0.4) is 0 Å². The van der Waals surface area contributed by atoms with Gasteiger partial charge in [0.15, 0.2) is 0 Å². The van der Waals surface area contributed by atoms with E-state index in [0.717, 1.165) is 5.57 Å². The minimum absolute atomic E-state index is 0.0587. The summed E-state index contributed by atoms with van der Waals surface area (Å²) in [5.41, 5.74) is -1.95. The van der Waals surface area contributed by atoms with E-state index in [0.29, 0.717) is 6.42 Å². The number of allylic oxidation sites excluding steroid dienone is 1. The van der Waals surface area contributed by atoms with E-state index in [4.69, 9.17) is 14.2 Å². The van der Waals surface area contributed by atoms with Crippen LogP contribution in [0.5, 0.6) is 0 Å². The monoisotopic (exact) mass is 350 g/mol. The Bertz CT molecular complexity index is 671. The van der Waals surface area contributed by atoms with Gasteiger partial charge in [0.1, 0.15) is 17.8 Å². The Morgan fingerprint density at radius 3 is 2.84 bits per heavy atom. The third kappa shape index (κ3) is 1.81. The number of rotatable bonds is 2. The summed E-state index contributed by atoms with van der Waals surface area (Å²) in [6.45, 7) is 7.59. The van der Waals surface area contributed by atoms with Crippen molar-refractivity contribution in [2.45, 2.75) is 70.2 Å². The lowest BCUT2D eigenvalue weighted by Gasteiger charge is -2.67. The quantitative estimate of drug-likeness (QED) is 0.441. The van der Waals surface area contributed by atoms with Crippen LogP contribution in [0.15, 0.2) is 23.8 Å². The molecular formula is C19H26O6. The standard InChI is InChI=1S/C19H26O6/c1-5-6-14(20)25-12-8-13-19(22)9-23-16-15(21)10(2)7-11(24-13)17(16,3)18(12,19)4/h5-7,11-13,15-16,21-22H,8-9H2,1-4H3/b6-5-/t11-,12-,13?,15-,16?,17+,18-,19?/m1/s1. The smallest absolute Gasteiger partial charge is 0.330 e. The maximum absolute atomic E-state index is 12.1. The molecule has 2 heterocycles. The summed E-state index contributed by atoms with van der Waals surface area (Å²) in [6, 6.07) is 0. The van der Waals surface area contributed by atoms with Gasteiger partial charge in [-0.3, -0.25) is 0 Å². The number of hydrogen-bond acceptors (Lipinski definition) is 6. The van der Waals surface area contributed by atoms with E-state index in [1.807, 2.05) is 26.8 Å². The SMILES string of the molecule is C/C=C\C(=O)O[C@@H]1CC2O[C@@H]3C=C(C)[C@@H](O)C4OCC2(O)[C@@]1(C)[C@]43C. The van der Waals surface area contributed by atoms with Crippen LogP contribution < -0.4 is 0 Å². The van der Waals surface area contributed by atoms with Crippen molar-refractivity contribution in [3.05, 3.63) is 23.8 Å². The first-order valence-electron chi connectivity index (χ1n) is 8.89. The Balaban J connectivity index is 1.84. The number of carbonyl (C=O) groups excluding carboxylic acids is 1. The molecule has 4 rings (SSSR count). The molecule has 0 amide bonds. The number of aliphatic hydroxyl groups is 2. The van der Waals surface area contributed by atoms with Gasteiger partial charge < -0.3 is 24.4 Å². The lowest BCUT2D eigenvalue weighted by molar-refractivity contribution is -0.362. The number of ether oxygens (including phenoxy) is 3. The van der Waals surface area contributed by atoms with Gasteiger partial charge in [-0.05, 0) is 19.4 Å². The summed E-state index contributed by atoms with van der Waals surface area (Å²) < 4.78 is 18.0. The second kappa shape index (κ2) is 5.16. The molecule has 2 N–H and O–H groups in total. The summed E-state index contributed by atoms with van der Waals surface area (Å²) in [7, 11) is 0. The van der Waals surface area contributed by atoms with Crippen LogP contribution in [0.25, 0.3) is 0 Å². The van der Waals surface area contributed by atoms with E-state index >= 15 is 0 Å². The van der Waals surface area contributed by atoms with Crippen molar-refractivity contribution >= 4 is 5.97 Å². The molecule has 6 heteroatoms. The first-order chi connectivity index (χ1) is 11.7. The largest absolute Gasteiger partial charge is 0.458 e. The van der Waals surface area contributed by atoms with Crippen LogP contribution in [0.1, 0.15) is 34.1 Å². The van der Waals surface area contributed by atoms with Gasteiger partial charge in [0.25, 0.3) is 0 Å². The van der Waals surface area contributed by atoms with Crippen LogP contribution in [0.2, 0.25) is 0 Å². The molecule has 3 fully saturated rings. The average molecular weight is 350 g/mol. The molecule has 0 aromatic rings. The number of esters is 1. The zero-order valence-corrected chi connectivity index (χ0v) is 15.1. The van der Waals surface area contributed by atoms with Gasteiger partial charge in [0.05, 0.1) is 24.9 Å². The van der Waals surface area contributed by atoms with E-state index in [9.17, 15) is 15.0 Å². The Labute approximate surface area is 147 Å². The first-order valence-corrected chi connectivity index (χ1v) is 8.89. The Hall–Kier alpha value is -1.21. The van der Waals surface area contributed by atoms with Crippen LogP contribution in [-0.4, -0.2) is 58.9 Å². The van der Waals surface area contributed by atoms with Crippen molar-refractivity contribution in [3.8, 4) is 0 Å². The van der Waals surface area contributed by atoms with E-state index in [1.165, 1.54) is 6.08 Å². The van der Waals surface area contributed by atoms with E-state index in [-0.39, 0.29) is 12.7 Å². The Kier molecular flexibility index (Phi) is 3.55. The molecule has 3 unspecified atom stereocenters. The topological polar surface area (TPSA) is 85.2 Å². The van der Waals surface area contributed by atoms with Crippen molar-refractivity contribution in [1.29, 1.82) is 0 Å². The van der Waals surface area contributed by atoms with Crippen molar-refractivity contribution in [2.75, 3.05) is 6.61 Å². The second-order valence-electron chi connectivity index (χ2n) is 8.20. The maximum atomic E-state index is 12.1. The molecule has 4 aliphatic rings. The number of aliphatic hydroxyl groups excluding tert-OH is 1. The van der Waals surface area contributed by atoms with Crippen molar-refractivity contribution in [1.82, 2.24) is 0 Å². The van der Waals surface area contributed by atoms with Crippen molar-refractivity contribution < 1.29 is 29.2 Å². The number of hydrogen-bond donors (Lipinski definition) is 2. The van der Waals surface area contributed by atoms with Crippen LogP contribution in [0, 0.1) is 10.8 Å². The molecule has 4 bridgehead atoms. The summed E-state index contributed by atoms with van der Waals surface area (Å²) in [6.07, 6.45) is 2.79. The molecule has 25 heavy (non-hydrogen) atoms.